The first kappa shape index (κ1) is 17.9. The predicted molar refractivity (Wildman–Crippen MR) is 89.4 cm³/mol. The molecule has 5 nitrogen and oxygen atoms in total. The number of ketones is 1. The maximum atomic E-state index is 11.6. The Kier molecular flexibility index (Phi) is 7.02. The van der Waals surface area contributed by atoms with Gasteiger partial charge in [0.15, 0.2) is 5.78 Å². The Morgan fingerprint density at radius 2 is 1.74 bits per heavy atom. The van der Waals surface area contributed by atoms with Crippen molar-refractivity contribution in [3.05, 3.63) is 29.8 Å². The highest BCUT2D eigenvalue weighted by molar-refractivity contribution is 5.95. The van der Waals surface area contributed by atoms with Crippen LogP contribution in [0.5, 0.6) is 5.75 Å². The van der Waals surface area contributed by atoms with Crippen molar-refractivity contribution in [1.82, 2.24) is 0 Å². The molecule has 0 bridgehead atoms. The van der Waals surface area contributed by atoms with Gasteiger partial charge in [0.1, 0.15) is 51.2 Å². The molecule has 1 aliphatic heterocycles. The predicted octanol–water partition coefficient (Wildman–Crippen LogP) is -1.18. The smallest absolute Gasteiger partial charge is 0.162 e. The van der Waals surface area contributed by atoms with E-state index in [-0.39, 0.29) is 5.78 Å². The Morgan fingerprint density at radius 1 is 1.13 bits per heavy atom. The van der Waals surface area contributed by atoms with Crippen molar-refractivity contribution in [2.24, 2.45) is 0 Å². The van der Waals surface area contributed by atoms with E-state index in [9.17, 15) is 9.90 Å². The molecule has 2 rings (SSSR count). The Balaban J connectivity index is 1.72. The van der Waals surface area contributed by atoms with Crippen LogP contribution in [0.4, 0.5) is 0 Å². The molecule has 128 valence electrons. The number of piperazine rings is 1. The zero-order valence-corrected chi connectivity index (χ0v) is 14.3. The minimum atomic E-state index is -0.454. The van der Waals surface area contributed by atoms with Crippen LogP contribution < -0.4 is 14.5 Å². The largest absolute Gasteiger partial charge is 0.491 e. The van der Waals surface area contributed by atoms with Crippen LogP contribution in [0.2, 0.25) is 0 Å². The van der Waals surface area contributed by atoms with Crippen LogP contribution in [0.15, 0.2) is 24.3 Å². The summed E-state index contributed by atoms with van der Waals surface area (Å²) >= 11 is 0. The molecule has 1 aliphatic rings. The van der Waals surface area contributed by atoms with Crippen LogP contribution in [0.3, 0.4) is 0 Å². The first-order chi connectivity index (χ1) is 11.1. The van der Waals surface area contributed by atoms with Gasteiger partial charge in [-0.2, -0.15) is 0 Å². The molecule has 1 atom stereocenters. The fourth-order valence-electron chi connectivity index (χ4n) is 3.04. The SMILES string of the molecule is CCC(=O)c1ccc(OC[C@@H](O)C[NH+]2CC[NH+](CC)CC2)cc1. The summed E-state index contributed by atoms with van der Waals surface area (Å²) in [5.74, 6) is 0.834. The Labute approximate surface area is 138 Å². The molecule has 1 fully saturated rings. The molecule has 0 aliphatic carbocycles. The molecular formula is C18H30N2O3+2. The summed E-state index contributed by atoms with van der Waals surface area (Å²) in [5.41, 5.74) is 0.709. The van der Waals surface area contributed by atoms with E-state index in [1.54, 1.807) is 29.2 Å². The zero-order chi connectivity index (χ0) is 16.7. The summed E-state index contributed by atoms with van der Waals surface area (Å²) in [5, 5.41) is 10.2. The number of quaternary nitrogens is 2. The molecule has 0 amide bonds. The van der Waals surface area contributed by atoms with Crippen LogP contribution in [0, 0.1) is 0 Å². The number of hydrogen-bond acceptors (Lipinski definition) is 3. The van der Waals surface area contributed by atoms with Gasteiger partial charge in [-0.1, -0.05) is 6.92 Å². The summed E-state index contributed by atoms with van der Waals surface area (Å²) in [6, 6.07) is 7.16. The van der Waals surface area contributed by atoms with Gasteiger partial charge in [-0.3, -0.25) is 4.79 Å². The summed E-state index contributed by atoms with van der Waals surface area (Å²) < 4.78 is 5.64. The van der Waals surface area contributed by atoms with Crippen molar-refractivity contribution >= 4 is 5.78 Å². The molecule has 0 saturated carbocycles. The molecule has 0 aromatic heterocycles. The van der Waals surface area contributed by atoms with Crippen molar-refractivity contribution < 1.29 is 24.4 Å². The number of ether oxygens (including phenoxy) is 1. The third-order valence-corrected chi connectivity index (χ3v) is 4.63. The fourth-order valence-corrected chi connectivity index (χ4v) is 3.04. The van der Waals surface area contributed by atoms with Gasteiger partial charge in [0.05, 0.1) is 6.54 Å². The number of benzene rings is 1. The number of carbonyl (C=O) groups is 1. The van der Waals surface area contributed by atoms with Crippen LogP contribution in [-0.4, -0.2) is 62.9 Å². The number of hydrogen-bond donors (Lipinski definition) is 3. The first-order valence-electron chi connectivity index (χ1n) is 8.73. The molecular weight excluding hydrogens is 292 g/mol. The summed E-state index contributed by atoms with van der Waals surface area (Å²) in [6.45, 7) is 10.9. The van der Waals surface area contributed by atoms with E-state index in [2.05, 4.69) is 6.92 Å². The van der Waals surface area contributed by atoms with Gasteiger partial charge in [-0.15, -0.1) is 0 Å². The van der Waals surface area contributed by atoms with Gasteiger partial charge in [-0.05, 0) is 31.2 Å². The molecule has 1 heterocycles. The number of Topliss-reactive ketones (excluding diaryl/α,β-unsaturated/α-hetero) is 1. The summed E-state index contributed by atoms with van der Waals surface area (Å²) in [7, 11) is 0. The number of aliphatic hydroxyl groups is 1. The maximum Gasteiger partial charge on any atom is 0.162 e. The average Bonchev–Trinajstić information content (AvgIpc) is 2.60. The highest BCUT2D eigenvalue weighted by Gasteiger charge is 2.23. The second-order valence-corrected chi connectivity index (χ2v) is 6.32. The van der Waals surface area contributed by atoms with E-state index < -0.39 is 6.10 Å². The van der Waals surface area contributed by atoms with Crippen molar-refractivity contribution in [2.45, 2.75) is 26.4 Å². The van der Waals surface area contributed by atoms with Gasteiger partial charge < -0.3 is 19.6 Å². The molecule has 3 N–H and O–H groups in total. The van der Waals surface area contributed by atoms with Crippen molar-refractivity contribution in [3.63, 3.8) is 0 Å². The molecule has 23 heavy (non-hydrogen) atoms. The summed E-state index contributed by atoms with van der Waals surface area (Å²) in [4.78, 5) is 14.7. The van der Waals surface area contributed by atoms with Crippen molar-refractivity contribution in [3.8, 4) is 5.75 Å². The number of nitrogens with one attached hydrogen (secondary N) is 2. The molecule has 0 spiro atoms. The number of rotatable bonds is 8. The lowest BCUT2D eigenvalue weighted by Crippen LogP contribution is -3.28. The van der Waals surface area contributed by atoms with Crippen LogP contribution >= 0.6 is 0 Å². The van der Waals surface area contributed by atoms with Crippen LogP contribution in [0.1, 0.15) is 30.6 Å². The Bertz CT molecular complexity index is 482. The van der Waals surface area contributed by atoms with Gasteiger partial charge in [0.2, 0.25) is 0 Å². The van der Waals surface area contributed by atoms with E-state index in [4.69, 9.17) is 4.74 Å². The number of carbonyl (C=O) groups excluding carboxylic acids is 1. The zero-order valence-electron chi connectivity index (χ0n) is 14.3. The molecule has 1 aromatic rings. The first-order valence-corrected chi connectivity index (χ1v) is 8.73. The van der Waals surface area contributed by atoms with E-state index in [1.165, 1.54) is 24.5 Å². The van der Waals surface area contributed by atoms with Crippen molar-refractivity contribution in [1.29, 1.82) is 0 Å². The second-order valence-electron chi connectivity index (χ2n) is 6.32. The average molecular weight is 322 g/mol. The fraction of sp³-hybridized carbons (Fsp3) is 0.611. The number of likely N-dealkylation sites (N-methyl/N-ethyl adjacent to an activating group) is 1. The molecule has 5 heteroatoms. The lowest BCUT2D eigenvalue weighted by Gasteiger charge is -2.30. The molecule has 1 aromatic carbocycles. The van der Waals surface area contributed by atoms with Crippen molar-refractivity contribution in [2.75, 3.05) is 45.9 Å². The van der Waals surface area contributed by atoms with E-state index in [1.807, 2.05) is 6.92 Å². The third-order valence-electron chi connectivity index (χ3n) is 4.63. The molecule has 0 unspecified atom stereocenters. The third kappa shape index (κ3) is 5.61. The Hall–Kier alpha value is -1.43. The second kappa shape index (κ2) is 9.01. The summed E-state index contributed by atoms with van der Waals surface area (Å²) in [6.07, 6.45) is 0.0550. The lowest BCUT2D eigenvalue weighted by molar-refractivity contribution is -1.01. The Morgan fingerprint density at radius 3 is 2.30 bits per heavy atom. The topological polar surface area (TPSA) is 55.4 Å². The maximum absolute atomic E-state index is 11.6. The van der Waals surface area contributed by atoms with E-state index in [0.717, 1.165) is 19.6 Å². The molecule has 1 saturated heterocycles. The standard InChI is InChI=1S/C18H28N2O3/c1-3-18(22)15-5-7-17(8-6-15)23-14-16(21)13-20-11-9-19(4-2)10-12-20/h5-8,16,21H,3-4,9-14H2,1-2H3/p+2/t16-/m0/s1. The van der Waals surface area contributed by atoms with Gasteiger partial charge in [-0.25, -0.2) is 0 Å². The van der Waals surface area contributed by atoms with Gasteiger partial charge >= 0.3 is 0 Å². The van der Waals surface area contributed by atoms with Crippen LogP contribution in [0.25, 0.3) is 0 Å². The quantitative estimate of drug-likeness (QED) is 0.528. The van der Waals surface area contributed by atoms with E-state index in [0.29, 0.717) is 24.3 Å². The lowest BCUT2D eigenvalue weighted by atomic mass is 10.1. The minimum absolute atomic E-state index is 0.133. The molecule has 0 radical (unpaired) electrons. The highest BCUT2D eigenvalue weighted by atomic mass is 16.5. The normalized spacial score (nSPS) is 22.6. The number of aliphatic hydroxyl groups excluding tert-OH is 1. The van der Waals surface area contributed by atoms with Crippen LogP contribution in [-0.2, 0) is 0 Å². The highest BCUT2D eigenvalue weighted by Crippen LogP contribution is 2.13. The van der Waals surface area contributed by atoms with Gasteiger partial charge in [0, 0.05) is 12.0 Å². The minimum Gasteiger partial charge on any atom is -0.491 e. The monoisotopic (exact) mass is 322 g/mol. The van der Waals surface area contributed by atoms with Gasteiger partial charge in [0.25, 0.3) is 0 Å². The van der Waals surface area contributed by atoms with E-state index >= 15 is 0 Å².